The lowest BCUT2D eigenvalue weighted by Gasteiger charge is -2.26. The van der Waals surface area contributed by atoms with Gasteiger partial charge in [0, 0.05) is 38.4 Å². The maximum absolute atomic E-state index is 11.4. The highest BCUT2D eigenvalue weighted by Gasteiger charge is 2.21. The Labute approximate surface area is 121 Å². The standard InChI is InChI=1S/C14H23N3O2S/c1-12(2)15-9-13-3-4-14(16-10-13)11-17-5-7-20(18,19)8-6-17/h3-4,10,12,15H,5-9,11H2,1-2H3. The van der Waals surface area contributed by atoms with Crippen LogP contribution in [0.5, 0.6) is 0 Å². The second-order valence-corrected chi connectivity index (χ2v) is 7.92. The van der Waals surface area contributed by atoms with Gasteiger partial charge in [-0.2, -0.15) is 0 Å². The van der Waals surface area contributed by atoms with Crippen molar-refractivity contribution < 1.29 is 8.42 Å². The lowest BCUT2D eigenvalue weighted by atomic mass is 10.2. The van der Waals surface area contributed by atoms with Gasteiger partial charge in [-0.15, -0.1) is 0 Å². The van der Waals surface area contributed by atoms with Gasteiger partial charge in [-0.25, -0.2) is 8.42 Å². The monoisotopic (exact) mass is 297 g/mol. The van der Waals surface area contributed by atoms with Gasteiger partial charge in [0.25, 0.3) is 0 Å². The minimum atomic E-state index is -2.80. The molecule has 0 unspecified atom stereocenters. The third kappa shape index (κ3) is 4.85. The van der Waals surface area contributed by atoms with Crippen LogP contribution < -0.4 is 5.32 Å². The van der Waals surface area contributed by atoms with Crippen LogP contribution in [0.1, 0.15) is 25.1 Å². The van der Waals surface area contributed by atoms with E-state index in [1.54, 1.807) is 0 Å². The van der Waals surface area contributed by atoms with E-state index in [0.29, 0.717) is 19.1 Å². The van der Waals surface area contributed by atoms with Crippen LogP contribution in [0.4, 0.5) is 0 Å². The minimum Gasteiger partial charge on any atom is -0.310 e. The number of aromatic nitrogens is 1. The molecular formula is C14H23N3O2S. The summed E-state index contributed by atoms with van der Waals surface area (Å²) >= 11 is 0. The number of rotatable bonds is 5. The lowest BCUT2D eigenvalue weighted by molar-refractivity contribution is 0.284. The minimum absolute atomic E-state index is 0.267. The molecule has 1 fully saturated rings. The molecule has 1 aromatic rings. The molecule has 2 heterocycles. The van der Waals surface area contributed by atoms with Gasteiger partial charge in [-0.1, -0.05) is 19.9 Å². The summed E-state index contributed by atoms with van der Waals surface area (Å²) in [5, 5.41) is 3.35. The molecule has 1 saturated heterocycles. The SMILES string of the molecule is CC(C)NCc1ccc(CN2CCS(=O)(=O)CC2)nc1. The second kappa shape index (κ2) is 6.65. The molecule has 0 aromatic carbocycles. The van der Waals surface area contributed by atoms with Crippen molar-refractivity contribution in [3.63, 3.8) is 0 Å². The van der Waals surface area contributed by atoms with E-state index in [9.17, 15) is 8.42 Å². The number of pyridine rings is 1. The van der Waals surface area contributed by atoms with E-state index in [4.69, 9.17) is 0 Å². The summed E-state index contributed by atoms with van der Waals surface area (Å²) in [5.74, 6) is 0.535. The van der Waals surface area contributed by atoms with Gasteiger partial charge < -0.3 is 5.32 Å². The van der Waals surface area contributed by atoms with Crippen molar-refractivity contribution in [3.8, 4) is 0 Å². The van der Waals surface area contributed by atoms with Gasteiger partial charge in [0.05, 0.1) is 17.2 Å². The van der Waals surface area contributed by atoms with Crippen LogP contribution >= 0.6 is 0 Å². The second-order valence-electron chi connectivity index (χ2n) is 5.62. The molecule has 0 spiro atoms. The Balaban J connectivity index is 1.85. The highest BCUT2D eigenvalue weighted by molar-refractivity contribution is 7.91. The van der Waals surface area contributed by atoms with E-state index in [1.807, 2.05) is 12.3 Å². The third-order valence-corrected chi connectivity index (χ3v) is 5.03. The molecule has 20 heavy (non-hydrogen) atoms. The highest BCUT2D eigenvalue weighted by Crippen LogP contribution is 2.09. The van der Waals surface area contributed by atoms with Gasteiger partial charge >= 0.3 is 0 Å². The molecule has 6 heteroatoms. The molecule has 0 radical (unpaired) electrons. The van der Waals surface area contributed by atoms with Crippen molar-refractivity contribution in [2.75, 3.05) is 24.6 Å². The van der Waals surface area contributed by atoms with Gasteiger partial charge in [0.1, 0.15) is 0 Å². The zero-order valence-electron chi connectivity index (χ0n) is 12.2. The van der Waals surface area contributed by atoms with E-state index in [0.717, 1.165) is 18.8 Å². The van der Waals surface area contributed by atoms with Crippen molar-refractivity contribution in [2.45, 2.75) is 33.0 Å². The maximum Gasteiger partial charge on any atom is 0.152 e. The summed E-state index contributed by atoms with van der Waals surface area (Å²) in [7, 11) is -2.80. The van der Waals surface area contributed by atoms with Gasteiger partial charge in [0.15, 0.2) is 9.84 Å². The Morgan fingerprint density at radius 2 is 2.00 bits per heavy atom. The van der Waals surface area contributed by atoms with E-state index in [-0.39, 0.29) is 11.5 Å². The Bertz CT molecular complexity index is 512. The summed E-state index contributed by atoms with van der Waals surface area (Å²) in [6.45, 7) is 7.01. The van der Waals surface area contributed by atoms with E-state index in [1.165, 1.54) is 5.56 Å². The molecule has 112 valence electrons. The van der Waals surface area contributed by atoms with Crippen LogP contribution in [0.3, 0.4) is 0 Å². The van der Waals surface area contributed by atoms with Gasteiger partial charge in [-0.05, 0) is 11.6 Å². The summed E-state index contributed by atoms with van der Waals surface area (Å²) in [6.07, 6.45) is 1.89. The zero-order chi connectivity index (χ0) is 14.6. The fraction of sp³-hybridized carbons (Fsp3) is 0.643. The predicted molar refractivity (Wildman–Crippen MR) is 80.1 cm³/mol. The Morgan fingerprint density at radius 1 is 1.30 bits per heavy atom. The first-order valence-electron chi connectivity index (χ1n) is 7.04. The molecule has 0 bridgehead atoms. The van der Waals surface area contributed by atoms with Crippen LogP contribution in [0.2, 0.25) is 0 Å². The Kier molecular flexibility index (Phi) is 5.12. The fourth-order valence-electron chi connectivity index (χ4n) is 2.11. The first-order chi connectivity index (χ1) is 9.44. The maximum atomic E-state index is 11.4. The summed E-state index contributed by atoms with van der Waals surface area (Å²) in [4.78, 5) is 6.60. The molecule has 1 aromatic heterocycles. The quantitative estimate of drug-likeness (QED) is 0.871. The number of nitrogens with one attached hydrogen (secondary N) is 1. The summed E-state index contributed by atoms with van der Waals surface area (Å²) < 4.78 is 22.7. The van der Waals surface area contributed by atoms with Crippen LogP contribution in [0, 0.1) is 0 Å². The number of hydrogen-bond acceptors (Lipinski definition) is 5. The van der Waals surface area contributed by atoms with Crippen molar-refractivity contribution in [2.24, 2.45) is 0 Å². The molecular weight excluding hydrogens is 274 g/mol. The highest BCUT2D eigenvalue weighted by atomic mass is 32.2. The Hall–Kier alpha value is -0.980. The van der Waals surface area contributed by atoms with Crippen molar-refractivity contribution in [1.82, 2.24) is 15.2 Å². The molecule has 0 saturated carbocycles. The number of nitrogens with zero attached hydrogens (tertiary/aromatic N) is 2. The predicted octanol–water partition coefficient (Wildman–Crippen LogP) is 0.810. The van der Waals surface area contributed by atoms with E-state index in [2.05, 4.69) is 35.1 Å². The van der Waals surface area contributed by atoms with Crippen molar-refractivity contribution in [3.05, 3.63) is 29.6 Å². The van der Waals surface area contributed by atoms with Gasteiger partial charge in [-0.3, -0.25) is 9.88 Å². The Morgan fingerprint density at radius 3 is 2.55 bits per heavy atom. The smallest absolute Gasteiger partial charge is 0.152 e. The van der Waals surface area contributed by atoms with Crippen LogP contribution in [-0.2, 0) is 22.9 Å². The fourth-order valence-corrected chi connectivity index (χ4v) is 3.39. The van der Waals surface area contributed by atoms with Crippen LogP contribution in [0.15, 0.2) is 18.3 Å². The largest absolute Gasteiger partial charge is 0.310 e. The molecule has 0 amide bonds. The molecule has 1 N–H and O–H groups in total. The van der Waals surface area contributed by atoms with E-state index < -0.39 is 9.84 Å². The van der Waals surface area contributed by atoms with Crippen molar-refractivity contribution in [1.29, 1.82) is 0 Å². The summed E-state index contributed by atoms with van der Waals surface area (Å²) in [6, 6.07) is 4.57. The molecule has 0 aliphatic carbocycles. The summed E-state index contributed by atoms with van der Waals surface area (Å²) in [5.41, 5.74) is 2.17. The van der Waals surface area contributed by atoms with Gasteiger partial charge in [0.2, 0.25) is 0 Å². The topological polar surface area (TPSA) is 62.3 Å². The molecule has 1 aliphatic heterocycles. The molecule has 2 rings (SSSR count). The lowest BCUT2D eigenvalue weighted by Crippen LogP contribution is -2.39. The molecule has 1 aliphatic rings. The first kappa shape index (κ1) is 15.4. The molecule has 5 nitrogen and oxygen atoms in total. The third-order valence-electron chi connectivity index (χ3n) is 3.42. The normalized spacial score (nSPS) is 19.4. The zero-order valence-corrected chi connectivity index (χ0v) is 13.0. The van der Waals surface area contributed by atoms with Crippen molar-refractivity contribution >= 4 is 9.84 Å². The van der Waals surface area contributed by atoms with E-state index >= 15 is 0 Å². The number of hydrogen-bond donors (Lipinski definition) is 1. The van der Waals surface area contributed by atoms with Crippen LogP contribution in [-0.4, -0.2) is 48.9 Å². The average Bonchev–Trinajstić information content (AvgIpc) is 2.40. The average molecular weight is 297 g/mol. The first-order valence-corrected chi connectivity index (χ1v) is 8.87. The number of sulfone groups is 1. The van der Waals surface area contributed by atoms with Crippen LogP contribution in [0.25, 0.3) is 0 Å². The molecule has 0 atom stereocenters.